The van der Waals surface area contributed by atoms with Crippen LogP contribution < -0.4 is 20.3 Å². The Kier molecular flexibility index (Phi) is 7.57. The van der Waals surface area contributed by atoms with Crippen molar-refractivity contribution in [2.45, 2.75) is 0 Å². The van der Waals surface area contributed by atoms with E-state index in [0.29, 0.717) is 12.6 Å². The monoisotopic (exact) mass is 511 g/mol. The van der Waals surface area contributed by atoms with E-state index in [2.05, 4.69) is 54.7 Å². The topological polar surface area (TPSA) is 87.7 Å². The first kappa shape index (κ1) is 24.5. The van der Waals surface area contributed by atoms with E-state index in [0.717, 1.165) is 92.6 Å². The van der Waals surface area contributed by atoms with Gasteiger partial charge in [0.2, 0.25) is 5.95 Å². The molecule has 2 aromatic carbocycles. The minimum atomic E-state index is 0.546. The second-order valence-corrected chi connectivity index (χ2v) is 9.53. The normalized spacial score (nSPS) is 16.5. The molecule has 2 fully saturated rings. The smallest absolute Gasteiger partial charge is 0.227 e. The molecule has 2 aliphatic heterocycles. The molecule has 0 bridgehead atoms. The van der Waals surface area contributed by atoms with Crippen molar-refractivity contribution in [1.29, 1.82) is 0 Å². The Bertz CT molecular complexity index is 1340. The van der Waals surface area contributed by atoms with Gasteiger partial charge in [-0.25, -0.2) is 9.97 Å². The lowest BCUT2D eigenvalue weighted by Crippen LogP contribution is -2.43. The molecule has 9 heteroatoms. The molecule has 4 aromatic rings. The van der Waals surface area contributed by atoms with Crippen molar-refractivity contribution < 1.29 is 9.47 Å². The van der Waals surface area contributed by atoms with Gasteiger partial charge in [0.25, 0.3) is 0 Å². The molecule has 2 aliphatic rings. The van der Waals surface area contributed by atoms with Crippen molar-refractivity contribution in [3.63, 3.8) is 0 Å². The number of anilines is 3. The lowest BCUT2D eigenvalue weighted by molar-refractivity contribution is 0.0322. The summed E-state index contributed by atoms with van der Waals surface area (Å²) in [5.74, 6) is 1.40. The van der Waals surface area contributed by atoms with Gasteiger partial charge in [0.05, 0.1) is 18.9 Å². The molecule has 196 valence electrons. The molecule has 0 spiro atoms. The van der Waals surface area contributed by atoms with Gasteiger partial charge in [0.1, 0.15) is 17.9 Å². The molecular weight excluding hydrogens is 478 g/mol. The van der Waals surface area contributed by atoms with Crippen molar-refractivity contribution in [2.75, 3.05) is 75.9 Å². The Labute approximate surface area is 222 Å². The van der Waals surface area contributed by atoms with Gasteiger partial charge in [0, 0.05) is 80.5 Å². The Morgan fingerprint density at radius 1 is 0.895 bits per heavy atom. The number of nitrogens with zero attached hydrogens (tertiary/aromatic N) is 5. The molecule has 2 aromatic heterocycles. The Balaban J connectivity index is 1.14. The van der Waals surface area contributed by atoms with Crippen molar-refractivity contribution in [3.05, 3.63) is 67.0 Å². The van der Waals surface area contributed by atoms with E-state index in [1.165, 1.54) is 5.69 Å². The van der Waals surface area contributed by atoms with Crippen LogP contribution in [0.25, 0.3) is 22.2 Å². The predicted molar refractivity (Wildman–Crippen MR) is 150 cm³/mol. The first-order valence-corrected chi connectivity index (χ1v) is 13.3. The third-order valence-electron chi connectivity index (χ3n) is 7.01. The molecule has 0 radical (unpaired) electrons. The van der Waals surface area contributed by atoms with Gasteiger partial charge < -0.3 is 25.0 Å². The minimum Gasteiger partial charge on any atom is -0.492 e. The Morgan fingerprint density at radius 3 is 2.47 bits per heavy atom. The number of aromatic nitrogens is 3. The van der Waals surface area contributed by atoms with Gasteiger partial charge in [-0.2, -0.15) is 0 Å². The largest absolute Gasteiger partial charge is 0.492 e. The van der Waals surface area contributed by atoms with Crippen molar-refractivity contribution in [1.82, 2.24) is 25.2 Å². The number of morpholine rings is 1. The van der Waals surface area contributed by atoms with Crippen LogP contribution in [-0.2, 0) is 4.74 Å². The number of nitrogens with one attached hydrogen (secondary N) is 2. The van der Waals surface area contributed by atoms with Crippen molar-refractivity contribution in [2.24, 2.45) is 0 Å². The Morgan fingerprint density at radius 2 is 1.68 bits per heavy atom. The van der Waals surface area contributed by atoms with E-state index in [4.69, 9.17) is 14.5 Å². The standard InChI is InChI=1S/C29H33N7O2/c1-7-26(38-20-17-35-15-18-37-19-16-35)8-2-22(1)27-28-23(9-10-31-27)21-32-29(34-28)33-24-3-5-25(6-4-24)36-13-11-30-12-14-36/h1-10,21,30H,11-20H2,(H,32,33,34). The first-order valence-electron chi connectivity index (χ1n) is 13.3. The maximum absolute atomic E-state index is 5.98. The molecule has 2 saturated heterocycles. The maximum Gasteiger partial charge on any atom is 0.227 e. The van der Waals surface area contributed by atoms with Gasteiger partial charge in [-0.05, 0) is 54.6 Å². The second kappa shape index (κ2) is 11.7. The maximum atomic E-state index is 5.98. The van der Waals surface area contributed by atoms with Crippen molar-refractivity contribution in [3.8, 4) is 17.0 Å². The molecule has 4 heterocycles. The average Bonchev–Trinajstić information content (AvgIpc) is 2.99. The van der Waals surface area contributed by atoms with E-state index in [1.807, 2.05) is 36.5 Å². The summed E-state index contributed by atoms with van der Waals surface area (Å²) in [6.07, 6.45) is 3.64. The summed E-state index contributed by atoms with van der Waals surface area (Å²) < 4.78 is 11.4. The van der Waals surface area contributed by atoms with Crippen LogP contribution >= 0.6 is 0 Å². The zero-order valence-corrected chi connectivity index (χ0v) is 21.5. The molecule has 0 saturated carbocycles. The van der Waals surface area contributed by atoms with Crippen LogP contribution in [0.5, 0.6) is 5.75 Å². The number of hydrogen-bond donors (Lipinski definition) is 2. The second-order valence-electron chi connectivity index (χ2n) is 9.53. The summed E-state index contributed by atoms with van der Waals surface area (Å²) in [6.45, 7) is 9.19. The molecule has 0 unspecified atom stereocenters. The highest BCUT2D eigenvalue weighted by Gasteiger charge is 2.13. The average molecular weight is 512 g/mol. The summed E-state index contributed by atoms with van der Waals surface area (Å²) >= 11 is 0. The third-order valence-corrected chi connectivity index (χ3v) is 7.01. The number of ether oxygens (including phenoxy) is 2. The van der Waals surface area contributed by atoms with E-state index in [1.54, 1.807) is 6.20 Å². The highest BCUT2D eigenvalue weighted by atomic mass is 16.5. The van der Waals surface area contributed by atoms with Gasteiger partial charge in [0.15, 0.2) is 0 Å². The fourth-order valence-electron chi connectivity index (χ4n) is 4.86. The highest BCUT2D eigenvalue weighted by Crippen LogP contribution is 2.28. The molecule has 2 N–H and O–H groups in total. The molecule has 6 rings (SSSR count). The fraction of sp³-hybridized carbons (Fsp3) is 0.345. The van der Waals surface area contributed by atoms with Crippen LogP contribution in [0.3, 0.4) is 0 Å². The number of benzene rings is 2. The van der Waals surface area contributed by atoms with Gasteiger partial charge in [-0.3, -0.25) is 9.88 Å². The number of pyridine rings is 1. The van der Waals surface area contributed by atoms with Gasteiger partial charge in [-0.1, -0.05) is 0 Å². The van der Waals surface area contributed by atoms with Crippen LogP contribution in [0.2, 0.25) is 0 Å². The summed E-state index contributed by atoms with van der Waals surface area (Å²) in [6, 6.07) is 18.4. The fourth-order valence-corrected chi connectivity index (χ4v) is 4.86. The van der Waals surface area contributed by atoms with E-state index in [-0.39, 0.29) is 0 Å². The van der Waals surface area contributed by atoms with Crippen molar-refractivity contribution >= 4 is 28.2 Å². The minimum absolute atomic E-state index is 0.546. The van der Waals surface area contributed by atoms with Crippen LogP contribution in [0.15, 0.2) is 67.0 Å². The zero-order chi connectivity index (χ0) is 25.6. The molecular formula is C29H33N7O2. The van der Waals surface area contributed by atoms with E-state index in [9.17, 15) is 0 Å². The SMILES string of the molecule is c1cc2cnc(Nc3ccc(N4CCNCC4)cc3)nc2c(-c2ccc(OCCN3CCOCC3)cc2)n1. The summed E-state index contributed by atoms with van der Waals surface area (Å²) in [5, 5.41) is 7.69. The summed E-state index contributed by atoms with van der Waals surface area (Å²) in [4.78, 5) is 18.8. The Hall–Kier alpha value is -3.79. The lowest BCUT2D eigenvalue weighted by atomic mass is 10.1. The van der Waals surface area contributed by atoms with Gasteiger partial charge >= 0.3 is 0 Å². The highest BCUT2D eigenvalue weighted by molar-refractivity contribution is 5.91. The number of piperazine rings is 1. The first-order chi connectivity index (χ1) is 18.8. The van der Waals surface area contributed by atoms with Crippen LogP contribution in [-0.4, -0.2) is 85.5 Å². The van der Waals surface area contributed by atoms with E-state index >= 15 is 0 Å². The number of fused-ring (bicyclic) bond motifs is 1. The third kappa shape index (κ3) is 5.85. The zero-order valence-electron chi connectivity index (χ0n) is 21.5. The molecule has 0 amide bonds. The summed E-state index contributed by atoms with van der Waals surface area (Å²) in [7, 11) is 0. The molecule has 38 heavy (non-hydrogen) atoms. The predicted octanol–water partition coefficient (Wildman–Crippen LogP) is 3.56. The number of rotatable bonds is 8. The van der Waals surface area contributed by atoms with Gasteiger partial charge in [-0.15, -0.1) is 0 Å². The van der Waals surface area contributed by atoms with Crippen LogP contribution in [0.4, 0.5) is 17.3 Å². The van der Waals surface area contributed by atoms with E-state index < -0.39 is 0 Å². The van der Waals surface area contributed by atoms with Crippen LogP contribution in [0, 0.1) is 0 Å². The van der Waals surface area contributed by atoms with Crippen LogP contribution in [0.1, 0.15) is 0 Å². The molecule has 0 atom stereocenters. The number of hydrogen-bond acceptors (Lipinski definition) is 9. The lowest BCUT2D eigenvalue weighted by Gasteiger charge is -2.29. The molecule has 9 nitrogen and oxygen atoms in total. The quantitative estimate of drug-likeness (QED) is 0.369. The summed E-state index contributed by atoms with van der Waals surface area (Å²) in [5.41, 5.74) is 4.80. The molecule has 0 aliphatic carbocycles.